The highest BCUT2D eigenvalue weighted by Gasteiger charge is 2.05. The first-order valence-corrected chi connectivity index (χ1v) is 6.89. The summed E-state index contributed by atoms with van der Waals surface area (Å²) < 4.78 is 0. The van der Waals surface area contributed by atoms with Gasteiger partial charge in [0.2, 0.25) is 0 Å². The Kier molecular flexibility index (Phi) is 4.41. The zero-order chi connectivity index (χ0) is 13.0. The summed E-state index contributed by atoms with van der Waals surface area (Å²) in [5.74, 6) is 0. The van der Waals surface area contributed by atoms with Crippen molar-refractivity contribution in [3.63, 3.8) is 0 Å². The van der Waals surface area contributed by atoms with Gasteiger partial charge < -0.3 is 5.73 Å². The van der Waals surface area contributed by atoms with E-state index in [9.17, 15) is 0 Å². The van der Waals surface area contributed by atoms with E-state index in [4.69, 9.17) is 18.0 Å². The minimum atomic E-state index is 0.345. The number of hydrogen-bond donors (Lipinski definition) is 1. The summed E-state index contributed by atoms with van der Waals surface area (Å²) in [5, 5.41) is 2.10. The van der Waals surface area contributed by atoms with Gasteiger partial charge in [-0.2, -0.15) is 0 Å². The van der Waals surface area contributed by atoms with Gasteiger partial charge in [-0.3, -0.25) is 9.88 Å². The van der Waals surface area contributed by atoms with Crippen LogP contribution in [0.25, 0.3) is 0 Å². The normalized spacial score (nSPS) is 10.8. The first-order chi connectivity index (χ1) is 8.65. The maximum atomic E-state index is 5.58. The van der Waals surface area contributed by atoms with Crippen molar-refractivity contribution >= 4 is 28.5 Å². The Morgan fingerprint density at radius 2 is 2.28 bits per heavy atom. The molecule has 18 heavy (non-hydrogen) atoms. The van der Waals surface area contributed by atoms with Gasteiger partial charge in [-0.25, -0.2) is 0 Å². The van der Waals surface area contributed by atoms with E-state index >= 15 is 0 Å². The number of nitrogens with zero attached hydrogens (tertiary/aromatic N) is 2. The first kappa shape index (κ1) is 13.1. The van der Waals surface area contributed by atoms with Gasteiger partial charge in [0.1, 0.15) is 4.99 Å². The van der Waals surface area contributed by atoms with Crippen molar-refractivity contribution < 1.29 is 0 Å². The number of thiocarbonyl (C=S) groups is 1. The number of aromatic nitrogens is 1. The van der Waals surface area contributed by atoms with Crippen LogP contribution in [0.15, 0.2) is 35.8 Å². The van der Waals surface area contributed by atoms with E-state index in [2.05, 4.69) is 34.4 Å². The van der Waals surface area contributed by atoms with Gasteiger partial charge in [0.25, 0.3) is 0 Å². The molecule has 0 bridgehead atoms. The molecule has 0 radical (unpaired) electrons. The van der Waals surface area contributed by atoms with E-state index in [1.54, 1.807) is 17.5 Å². The van der Waals surface area contributed by atoms with Crippen LogP contribution < -0.4 is 5.73 Å². The third-order valence-electron chi connectivity index (χ3n) is 2.54. The van der Waals surface area contributed by atoms with Crippen LogP contribution in [0.3, 0.4) is 0 Å². The summed E-state index contributed by atoms with van der Waals surface area (Å²) >= 11 is 6.71. The summed E-state index contributed by atoms with van der Waals surface area (Å²) in [7, 11) is 2.10. The van der Waals surface area contributed by atoms with E-state index in [0.29, 0.717) is 10.7 Å². The standard InChI is InChI=1S/C13H15N3S2/c1-16(9-11-3-2-6-18-11)8-10-4-5-15-12(7-10)13(14)17/h2-7H,8-9H2,1H3,(H2,14,17). The number of hydrogen-bond acceptors (Lipinski definition) is 4. The molecule has 0 fully saturated rings. The van der Waals surface area contributed by atoms with Crippen molar-refractivity contribution in [1.29, 1.82) is 0 Å². The average molecular weight is 277 g/mol. The predicted octanol–water partition coefficient (Wildman–Crippen LogP) is 2.41. The summed E-state index contributed by atoms with van der Waals surface area (Å²) in [4.78, 5) is 8.10. The van der Waals surface area contributed by atoms with Crippen molar-refractivity contribution in [1.82, 2.24) is 9.88 Å². The predicted molar refractivity (Wildman–Crippen MR) is 79.6 cm³/mol. The van der Waals surface area contributed by atoms with Crippen molar-refractivity contribution in [3.8, 4) is 0 Å². The smallest absolute Gasteiger partial charge is 0.122 e. The molecule has 2 aromatic heterocycles. The van der Waals surface area contributed by atoms with Crippen molar-refractivity contribution in [2.45, 2.75) is 13.1 Å². The highest BCUT2D eigenvalue weighted by Crippen LogP contribution is 2.13. The molecule has 2 rings (SSSR count). The highest BCUT2D eigenvalue weighted by atomic mass is 32.1. The van der Waals surface area contributed by atoms with E-state index < -0.39 is 0 Å². The molecule has 3 nitrogen and oxygen atoms in total. The van der Waals surface area contributed by atoms with Crippen molar-refractivity contribution in [2.75, 3.05) is 7.05 Å². The number of thiophene rings is 1. The molecule has 2 N–H and O–H groups in total. The zero-order valence-electron chi connectivity index (χ0n) is 10.2. The van der Waals surface area contributed by atoms with Gasteiger partial charge in [-0.1, -0.05) is 18.3 Å². The summed E-state index contributed by atoms with van der Waals surface area (Å²) in [5.41, 5.74) is 7.44. The molecular weight excluding hydrogens is 262 g/mol. The maximum absolute atomic E-state index is 5.58. The van der Waals surface area contributed by atoms with Crippen molar-refractivity contribution in [2.24, 2.45) is 5.73 Å². The monoisotopic (exact) mass is 277 g/mol. The Morgan fingerprint density at radius 3 is 2.94 bits per heavy atom. The van der Waals surface area contributed by atoms with Crippen LogP contribution in [0.2, 0.25) is 0 Å². The lowest BCUT2D eigenvalue weighted by Crippen LogP contribution is -2.18. The van der Waals surface area contributed by atoms with Gasteiger partial charge in [-0.15, -0.1) is 11.3 Å². The molecule has 0 aliphatic heterocycles. The Labute approximate surface area is 116 Å². The molecule has 2 aromatic rings. The molecule has 0 aliphatic rings. The van der Waals surface area contributed by atoms with Gasteiger partial charge in [0.05, 0.1) is 5.69 Å². The molecule has 0 aromatic carbocycles. The second-order valence-electron chi connectivity index (χ2n) is 4.17. The van der Waals surface area contributed by atoms with Crippen LogP contribution in [0.5, 0.6) is 0 Å². The molecule has 94 valence electrons. The van der Waals surface area contributed by atoms with Gasteiger partial charge in [0, 0.05) is 24.2 Å². The second-order valence-corrected chi connectivity index (χ2v) is 5.64. The lowest BCUT2D eigenvalue weighted by atomic mass is 10.2. The highest BCUT2D eigenvalue weighted by molar-refractivity contribution is 7.80. The lowest BCUT2D eigenvalue weighted by molar-refractivity contribution is 0.322. The molecule has 0 spiro atoms. The fourth-order valence-electron chi connectivity index (χ4n) is 1.74. The zero-order valence-corrected chi connectivity index (χ0v) is 11.8. The summed E-state index contributed by atoms with van der Waals surface area (Å²) in [6.07, 6.45) is 1.75. The fourth-order valence-corrected chi connectivity index (χ4v) is 2.64. The number of rotatable bonds is 5. The Hall–Kier alpha value is -1.30. The molecule has 0 unspecified atom stereocenters. The molecule has 2 heterocycles. The first-order valence-electron chi connectivity index (χ1n) is 5.61. The summed E-state index contributed by atoms with van der Waals surface area (Å²) in [6.45, 7) is 1.80. The molecular formula is C13H15N3S2. The van der Waals surface area contributed by atoms with E-state index in [1.165, 1.54) is 10.4 Å². The maximum Gasteiger partial charge on any atom is 0.122 e. The minimum absolute atomic E-state index is 0.345. The van der Waals surface area contributed by atoms with Gasteiger partial charge in [0.15, 0.2) is 0 Å². The van der Waals surface area contributed by atoms with Crippen molar-refractivity contribution in [3.05, 3.63) is 52.0 Å². The Bertz CT molecular complexity index is 523. The quantitative estimate of drug-likeness (QED) is 0.852. The van der Waals surface area contributed by atoms with Crippen LogP contribution in [0.4, 0.5) is 0 Å². The number of nitrogens with two attached hydrogens (primary N) is 1. The summed E-state index contributed by atoms with van der Waals surface area (Å²) in [6, 6.07) is 8.17. The van der Waals surface area contributed by atoms with Crippen LogP contribution >= 0.6 is 23.6 Å². The SMILES string of the molecule is CN(Cc1ccnc(C(N)=S)c1)Cc1cccs1. The van der Waals surface area contributed by atoms with E-state index in [-0.39, 0.29) is 0 Å². The topological polar surface area (TPSA) is 42.2 Å². The average Bonchev–Trinajstić information content (AvgIpc) is 2.82. The molecule has 0 amide bonds. The van der Waals surface area contributed by atoms with Crippen LogP contribution in [-0.2, 0) is 13.1 Å². The third-order valence-corrected chi connectivity index (χ3v) is 3.61. The van der Waals surface area contributed by atoms with Gasteiger partial charge >= 0.3 is 0 Å². The van der Waals surface area contributed by atoms with Crippen LogP contribution in [0, 0.1) is 0 Å². The fraction of sp³-hybridized carbons (Fsp3) is 0.231. The minimum Gasteiger partial charge on any atom is -0.388 e. The number of pyridine rings is 1. The third kappa shape index (κ3) is 3.60. The molecule has 0 saturated heterocycles. The van der Waals surface area contributed by atoms with Gasteiger partial charge in [-0.05, 0) is 36.2 Å². The van der Waals surface area contributed by atoms with Crippen LogP contribution in [-0.4, -0.2) is 21.9 Å². The molecule has 0 saturated carbocycles. The molecule has 5 heteroatoms. The lowest BCUT2D eigenvalue weighted by Gasteiger charge is -2.15. The molecule has 0 atom stereocenters. The molecule has 0 aliphatic carbocycles. The second kappa shape index (κ2) is 6.04. The van der Waals surface area contributed by atoms with E-state index in [0.717, 1.165) is 13.1 Å². The van der Waals surface area contributed by atoms with Crippen LogP contribution in [0.1, 0.15) is 16.1 Å². The van der Waals surface area contributed by atoms with E-state index in [1.807, 2.05) is 12.1 Å². The largest absolute Gasteiger partial charge is 0.388 e. The Morgan fingerprint density at radius 1 is 1.44 bits per heavy atom. The Balaban J connectivity index is 2.00.